The van der Waals surface area contributed by atoms with Gasteiger partial charge in [-0.1, -0.05) is 17.7 Å². The summed E-state index contributed by atoms with van der Waals surface area (Å²) in [4.78, 5) is 31.7. The molecule has 4 rings (SSSR count). The Morgan fingerprint density at radius 1 is 1.06 bits per heavy atom. The number of ether oxygens (including phenoxy) is 2. The molecule has 1 fully saturated rings. The topological polar surface area (TPSA) is 89.0 Å². The van der Waals surface area contributed by atoms with Crippen molar-refractivity contribution in [2.24, 2.45) is 0 Å². The molecule has 1 aliphatic rings. The molecule has 1 unspecified atom stereocenters. The third-order valence-corrected chi connectivity index (χ3v) is 5.54. The molecular formula is C24H18ClFN2O5. The Labute approximate surface area is 193 Å². The zero-order valence-electron chi connectivity index (χ0n) is 17.6. The summed E-state index contributed by atoms with van der Waals surface area (Å²) in [7, 11) is 2.81. The summed E-state index contributed by atoms with van der Waals surface area (Å²) in [5, 5.41) is 11.4. The molecule has 1 amide bonds. The van der Waals surface area contributed by atoms with Crippen molar-refractivity contribution in [3.8, 4) is 11.5 Å². The molecule has 7 nitrogen and oxygen atoms in total. The number of carbonyl (C=O) groups is 2. The van der Waals surface area contributed by atoms with E-state index in [0.29, 0.717) is 11.4 Å². The van der Waals surface area contributed by atoms with Crippen LogP contribution in [0.4, 0.5) is 10.1 Å². The van der Waals surface area contributed by atoms with E-state index >= 15 is 0 Å². The second-order valence-electron chi connectivity index (χ2n) is 7.09. The van der Waals surface area contributed by atoms with Crippen LogP contribution in [0, 0.1) is 5.82 Å². The molecule has 2 aromatic carbocycles. The number of aliphatic hydroxyl groups is 1. The number of nitrogens with zero attached hydrogens (tertiary/aromatic N) is 2. The number of methoxy groups -OCH3 is 2. The highest BCUT2D eigenvalue weighted by Gasteiger charge is 2.48. The van der Waals surface area contributed by atoms with E-state index in [1.807, 2.05) is 0 Å². The minimum atomic E-state index is -1.07. The minimum absolute atomic E-state index is 0.0985. The minimum Gasteiger partial charge on any atom is -0.507 e. The van der Waals surface area contributed by atoms with E-state index in [-0.39, 0.29) is 27.6 Å². The van der Waals surface area contributed by atoms with Gasteiger partial charge in [0.25, 0.3) is 11.7 Å². The summed E-state index contributed by atoms with van der Waals surface area (Å²) in [6.07, 6.45) is 1.50. The van der Waals surface area contributed by atoms with E-state index in [2.05, 4.69) is 4.98 Å². The van der Waals surface area contributed by atoms with Crippen LogP contribution in [0.15, 0.2) is 66.4 Å². The SMILES string of the molecule is COc1cc(OC)c(/C(O)=C2\C(=O)C(=O)N(c3ccc(F)cc3)C2c2ccccn2)cc1Cl. The van der Waals surface area contributed by atoms with Gasteiger partial charge in [0.1, 0.15) is 29.1 Å². The van der Waals surface area contributed by atoms with Crippen LogP contribution >= 0.6 is 11.6 Å². The zero-order chi connectivity index (χ0) is 23.7. The number of halogens is 2. The zero-order valence-corrected chi connectivity index (χ0v) is 18.3. The fourth-order valence-corrected chi connectivity index (χ4v) is 3.95. The number of Topliss-reactive ketones (excluding diaryl/α,β-unsaturated/α-hetero) is 1. The second kappa shape index (κ2) is 8.91. The summed E-state index contributed by atoms with van der Waals surface area (Å²) >= 11 is 6.24. The molecule has 0 saturated carbocycles. The summed E-state index contributed by atoms with van der Waals surface area (Å²) in [5.41, 5.74) is 0.498. The highest BCUT2D eigenvalue weighted by atomic mass is 35.5. The number of benzene rings is 2. The maximum absolute atomic E-state index is 13.5. The van der Waals surface area contributed by atoms with Gasteiger partial charge in [0.15, 0.2) is 0 Å². The Morgan fingerprint density at radius 3 is 2.36 bits per heavy atom. The average Bonchev–Trinajstić information content (AvgIpc) is 3.10. The monoisotopic (exact) mass is 468 g/mol. The third kappa shape index (κ3) is 3.89. The Hall–Kier alpha value is -3.91. The highest BCUT2D eigenvalue weighted by Crippen LogP contribution is 2.44. The average molecular weight is 469 g/mol. The molecule has 33 heavy (non-hydrogen) atoms. The standard InChI is InChI=1S/C24H18ClFN2O5/c1-32-18-12-19(33-2)16(25)11-15(18)22(29)20-21(17-5-3-4-10-27-17)28(24(31)23(20)30)14-8-6-13(26)7-9-14/h3-12,21,29H,1-2H3/b22-20+. The highest BCUT2D eigenvalue weighted by molar-refractivity contribution is 6.51. The molecule has 9 heteroatoms. The smallest absolute Gasteiger partial charge is 0.300 e. The Bertz CT molecular complexity index is 1260. The number of aromatic nitrogens is 1. The lowest BCUT2D eigenvalue weighted by Crippen LogP contribution is -2.29. The number of aliphatic hydroxyl groups excluding tert-OH is 1. The Morgan fingerprint density at radius 2 is 1.76 bits per heavy atom. The first-order chi connectivity index (χ1) is 15.9. The first kappa shape index (κ1) is 22.3. The van der Waals surface area contributed by atoms with Crippen molar-refractivity contribution in [3.63, 3.8) is 0 Å². The van der Waals surface area contributed by atoms with Crippen LogP contribution in [0.2, 0.25) is 5.02 Å². The van der Waals surface area contributed by atoms with Gasteiger partial charge >= 0.3 is 0 Å². The van der Waals surface area contributed by atoms with Gasteiger partial charge in [-0.15, -0.1) is 0 Å². The number of hydrogen-bond acceptors (Lipinski definition) is 6. The van der Waals surface area contributed by atoms with E-state index in [1.165, 1.54) is 61.7 Å². The lowest BCUT2D eigenvalue weighted by Gasteiger charge is -2.24. The van der Waals surface area contributed by atoms with Crippen molar-refractivity contribution < 1.29 is 28.6 Å². The first-order valence-corrected chi connectivity index (χ1v) is 10.1. The summed E-state index contributed by atoms with van der Waals surface area (Å²) in [6, 6.07) is 11.9. The summed E-state index contributed by atoms with van der Waals surface area (Å²) in [6.45, 7) is 0. The van der Waals surface area contributed by atoms with Crippen molar-refractivity contribution in [2.75, 3.05) is 19.1 Å². The van der Waals surface area contributed by atoms with Gasteiger partial charge in [-0.25, -0.2) is 4.39 Å². The fraction of sp³-hybridized carbons (Fsp3) is 0.125. The van der Waals surface area contributed by atoms with Gasteiger partial charge in [0.2, 0.25) is 0 Å². The molecule has 1 N–H and O–H groups in total. The Kier molecular flexibility index (Phi) is 6.02. The quantitative estimate of drug-likeness (QED) is 0.336. The Balaban J connectivity index is 1.97. The van der Waals surface area contributed by atoms with Gasteiger partial charge in [-0.3, -0.25) is 19.5 Å². The van der Waals surface area contributed by atoms with E-state index in [0.717, 1.165) is 0 Å². The molecule has 1 atom stereocenters. The van der Waals surface area contributed by atoms with Crippen LogP contribution in [-0.2, 0) is 9.59 Å². The number of hydrogen-bond donors (Lipinski definition) is 1. The molecule has 1 aliphatic heterocycles. The molecule has 168 valence electrons. The van der Waals surface area contributed by atoms with E-state index < -0.39 is 29.3 Å². The molecular weight excluding hydrogens is 451 g/mol. The molecule has 0 aliphatic carbocycles. The number of ketones is 1. The molecule has 0 radical (unpaired) electrons. The van der Waals surface area contributed by atoms with Crippen molar-refractivity contribution >= 4 is 34.7 Å². The predicted octanol–water partition coefficient (Wildman–Crippen LogP) is 4.52. The molecule has 1 saturated heterocycles. The van der Waals surface area contributed by atoms with Crippen molar-refractivity contribution in [1.82, 2.24) is 4.98 Å². The molecule has 2 heterocycles. The third-order valence-electron chi connectivity index (χ3n) is 5.25. The van der Waals surface area contributed by atoms with E-state index in [4.69, 9.17) is 21.1 Å². The first-order valence-electron chi connectivity index (χ1n) is 9.76. The predicted molar refractivity (Wildman–Crippen MR) is 120 cm³/mol. The number of anilines is 1. The number of amides is 1. The van der Waals surface area contributed by atoms with Crippen molar-refractivity contribution in [1.29, 1.82) is 0 Å². The van der Waals surface area contributed by atoms with Crippen LogP contribution in [0.5, 0.6) is 11.5 Å². The summed E-state index contributed by atoms with van der Waals surface area (Å²) in [5.74, 6) is -2.32. The lowest BCUT2D eigenvalue weighted by molar-refractivity contribution is -0.132. The number of carbonyl (C=O) groups excluding carboxylic acids is 2. The van der Waals surface area contributed by atoms with Gasteiger partial charge in [-0.2, -0.15) is 0 Å². The largest absolute Gasteiger partial charge is 0.507 e. The van der Waals surface area contributed by atoms with Crippen LogP contribution in [0.1, 0.15) is 17.3 Å². The van der Waals surface area contributed by atoms with Crippen LogP contribution in [-0.4, -0.2) is 36.0 Å². The normalized spacial score (nSPS) is 17.3. The lowest BCUT2D eigenvalue weighted by atomic mass is 9.97. The van der Waals surface area contributed by atoms with Gasteiger partial charge < -0.3 is 14.6 Å². The van der Waals surface area contributed by atoms with Crippen molar-refractivity contribution in [3.05, 3.63) is 88.5 Å². The van der Waals surface area contributed by atoms with Gasteiger partial charge in [-0.05, 0) is 42.5 Å². The van der Waals surface area contributed by atoms with Crippen LogP contribution in [0.3, 0.4) is 0 Å². The van der Waals surface area contributed by atoms with E-state index in [9.17, 15) is 19.1 Å². The molecule has 0 spiro atoms. The van der Waals surface area contributed by atoms with Crippen LogP contribution < -0.4 is 14.4 Å². The van der Waals surface area contributed by atoms with E-state index in [1.54, 1.807) is 18.2 Å². The molecule has 3 aromatic rings. The van der Waals surface area contributed by atoms with Gasteiger partial charge in [0, 0.05) is 18.0 Å². The maximum Gasteiger partial charge on any atom is 0.300 e. The fourth-order valence-electron chi connectivity index (χ4n) is 3.71. The molecule has 0 bridgehead atoms. The molecule has 1 aromatic heterocycles. The van der Waals surface area contributed by atoms with Gasteiger partial charge in [0.05, 0.1) is 36.1 Å². The summed E-state index contributed by atoms with van der Waals surface area (Å²) < 4.78 is 24.0. The van der Waals surface area contributed by atoms with Crippen LogP contribution in [0.25, 0.3) is 5.76 Å². The van der Waals surface area contributed by atoms with Crippen molar-refractivity contribution in [2.45, 2.75) is 6.04 Å². The maximum atomic E-state index is 13.5. The number of pyridine rings is 1. The number of rotatable bonds is 5. The second-order valence-corrected chi connectivity index (χ2v) is 7.49.